The molecule has 0 bridgehead atoms. The number of hydrogen-bond acceptors (Lipinski definition) is 16. The molecule has 4 heterocycles. The van der Waals surface area contributed by atoms with Crippen LogP contribution in [0.2, 0.25) is 0 Å². The third-order valence-corrected chi connectivity index (χ3v) is 11.3. The number of carbonyl (C=O) groups is 2. The molecule has 67 heavy (non-hydrogen) atoms. The Morgan fingerprint density at radius 2 is 1.46 bits per heavy atom. The van der Waals surface area contributed by atoms with E-state index >= 15 is 0 Å². The fourth-order valence-electron chi connectivity index (χ4n) is 8.13. The first-order chi connectivity index (χ1) is 32.2. The fourth-order valence-corrected chi connectivity index (χ4v) is 8.13. The number of nitrogens with one attached hydrogen (secondary N) is 1. The molecule has 348 valence electrons. The zero-order valence-corrected chi connectivity index (χ0v) is 37.6. The first kappa shape index (κ1) is 46.0. The van der Waals surface area contributed by atoms with Gasteiger partial charge in [0.15, 0.2) is 23.8 Å². The molecule has 0 aliphatic carbocycles. The van der Waals surface area contributed by atoms with Crippen molar-refractivity contribution in [2.24, 2.45) is 0 Å². The van der Waals surface area contributed by atoms with Crippen molar-refractivity contribution in [1.82, 2.24) is 24.8 Å². The van der Waals surface area contributed by atoms with E-state index in [4.69, 9.17) is 43.3 Å². The summed E-state index contributed by atoms with van der Waals surface area (Å²) >= 11 is 0. The number of carbonyl (C=O) groups excluding carboxylic acids is 2. The maximum absolute atomic E-state index is 14.7. The molecule has 4 N–H and O–H groups in total. The Morgan fingerprint density at radius 1 is 0.836 bits per heavy atom. The van der Waals surface area contributed by atoms with Crippen LogP contribution in [0.15, 0.2) is 125 Å². The average molecular weight is 915 g/mol. The van der Waals surface area contributed by atoms with E-state index in [-0.39, 0.29) is 35.6 Å². The number of methoxy groups -OCH3 is 3. The Balaban J connectivity index is 1.18. The molecule has 18 nitrogen and oxygen atoms in total. The lowest BCUT2D eigenvalue weighted by Crippen LogP contribution is -2.48. The van der Waals surface area contributed by atoms with Crippen LogP contribution in [0.5, 0.6) is 17.2 Å². The van der Waals surface area contributed by atoms with Gasteiger partial charge in [0.05, 0.1) is 34.3 Å². The number of nitrogens with zero attached hydrogens (tertiary/aromatic N) is 4. The highest BCUT2D eigenvalue weighted by Crippen LogP contribution is 2.43. The van der Waals surface area contributed by atoms with Gasteiger partial charge in [-0.1, -0.05) is 54.6 Å². The van der Waals surface area contributed by atoms with Crippen molar-refractivity contribution in [2.45, 2.75) is 69.0 Å². The number of ether oxygens (including phenoxy) is 7. The molecule has 1 aliphatic rings. The summed E-state index contributed by atoms with van der Waals surface area (Å²) < 4.78 is 48.8. The number of aliphatic hydroxyl groups is 1. The standard InChI is InChI=1S/C49H50N6O12/c1-48(2,3)67-47(59)54-36(22-28-23-39(56)64-37-24-34(62-6)20-21-35(28)37)46(58)66-42-41(57)38(65-45(42)55-27-53-40-43(50)51-26-52-44(40)55)25-63-49(29-10-8-7-9-11-29,30-12-16-32(60-4)17-13-30)31-14-18-33(61-5)19-15-31/h7-21,23-24,26-27,36,38,41-42,45,57H,22,25H2,1-6H3,(H,54,59)(H2,50,51,52)/t36-,38+,41+,42+,45+/m0/s1. The van der Waals surface area contributed by atoms with E-state index in [1.807, 2.05) is 78.9 Å². The fraction of sp³-hybridized carbons (Fsp3) is 0.306. The summed E-state index contributed by atoms with van der Waals surface area (Å²) in [7, 11) is 4.63. The minimum absolute atomic E-state index is 0.0844. The molecule has 1 saturated heterocycles. The molecule has 18 heteroatoms. The van der Waals surface area contributed by atoms with Gasteiger partial charge in [0, 0.05) is 23.9 Å². The third kappa shape index (κ3) is 9.58. The number of imidazole rings is 1. The number of nitrogen functional groups attached to an aromatic ring is 1. The van der Waals surface area contributed by atoms with E-state index in [0.29, 0.717) is 28.2 Å². The van der Waals surface area contributed by atoms with Crippen molar-refractivity contribution >= 4 is 40.0 Å². The van der Waals surface area contributed by atoms with E-state index < -0.39 is 59.5 Å². The van der Waals surface area contributed by atoms with Crippen molar-refractivity contribution in [3.8, 4) is 17.2 Å². The number of hydrogen-bond donors (Lipinski definition) is 3. The number of aliphatic hydroxyl groups excluding tert-OH is 1. The second-order valence-corrected chi connectivity index (χ2v) is 16.7. The molecule has 8 rings (SSSR count). The van der Waals surface area contributed by atoms with Gasteiger partial charge in [-0.25, -0.2) is 29.3 Å². The summed E-state index contributed by atoms with van der Waals surface area (Å²) in [5, 5.41) is 15.5. The number of nitrogens with two attached hydrogens (primary N) is 1. The lowest BCUT2D eigenvalue weighted by molar-refractivity contribution is -0.161. The van der Waals surface area contributed by atoms with Crippen molar-refractivity contribution in [3.63, 3.8) is 0 Å². The smallest absolute Gasteiger partial charge is 0.408 e. The Labute approximate surface area is 384 Å². The quantitative estimate of drug-likeness (QED) is 0.0622. The van der Waals surface area contributed by atoms with Gasteiger partial charge in [-0.2, -0.15) is 0 Å². The van der Waals surface area contributed by atoms with Crippen molar-refractivity contribution in [2.75, 3.05) is 33.7 Å². The number of rotatable bonds is 15. The molecule has 5 atom stereocenters. The minimum Gasteiger partial charge on any atom is -0.497 e. The van der Waals surface area contributed by atoms with Crippen LogP contribution in [0.3, 0.4) is 0 Å². The maximum Gasteiger partial charge on any atom is 0.408 e. The van der Waals surface area contributed by atoms with Crippen LogP contribution in [0, 0.1) is 0 Å². The van der Waals surface area contributed by atoms with E-state index in [0.717, 1.165) is 16.7 Å². The Hall–Kier alpha value is -7.54. The van der Waals surface area contributed by atoms with Crippen molar-refractivity contribution in [1.29, 1.82) is 0 Å². The lowest BCUT2D eigenvalue weighted by atomic mass is 9.80. The first-order valence-corrected chi connectivity index (χ1v) is 21.3. The highest BCUT2D eigenvalue weighted by Gasteiger charge is 2.50. The highest BCUT2D eigenvalue weighted by molar-refractivity contribution is 5.85. The van der Waals surface area contributed by atoms with Crippen LogP contribution >= 0.6 is 0 Å². The summed E-state index contributed by atoms with van der Waals surface area (Å²) in [6.45, 7) is 4.74. The molecule has 1 aliphatic heterocycles. The van der Waals surface area contributed by atoms with Gasteiger partial charge >= 0.3 is 17.7 Å². The molecule has 3 aromatic heterocycles. The van der Waals surface area contributed by atoms with Gasteiger partial charge in [0.2, 0.25) is 0 Å². The molecule has 4 aromatic carbocycles. The van der Waals surface area contributed by atoms with Gasteiger partial charge < -0.3 is 53.7 Å². The van der Waals surface area contributed by atoms with E-state index in [1.54, 1.807) is 47.1 Å². The molecule has 0 saturated carbocycles. The first-order valence-electron chi connectivity index (χ1n) is 21.3. The number of fused-ring (bicyclic) bond motifs is 2. The van der Waals surface area contributed by atoms with Crippen LogP contribution in [-0.4, -0.2) is 94.6 Å². The highest BCUT2D eigenvalue weighted by atomic mass is 16.6. The Kier molecular flexibility index (Phi) is 13.1. The normalized spacial score (nSPS) is 17.8. The topological polar surface area (TPSA) is 231 Å². The molecule has 0 unspecified atom stereocenters. The van der Waals surface area contributed by atoms with Crippen LogP contribution in [-0.2, 0) is 35.8 Å². The van der Waals surface area contributed by atoms with E-state index in [9.17, 15) is 19.5 Å². The number of esters is 1. The molecule has 0 spiro atoms. The summed E-state index contributed by atoms with van der Waals surface area (Å²) in [5.74, 6) is 0.782. The number of aromatic nitrogens is 4. The molecule has 1 amide bonds. The minimum atomic E-state index is -1.56. The molecule has 0 radical (unpaired) electrons. The number of benzene rings is 4. The molecular weight excluding hydrogens is 865 g/mol. The van der Waals surface area contributed by atoms with Crippen LogP contribution in [0.4, 0.5) is 10.6 Å². The Morgan fingerprint density at radius 3 is 2.09 bits per heavy atom. The van der Waals surface area contributed by atoms with E-state index in [1.165, 1.54) is 36.5 Å². The third-order valence-electron chi connectivity index (χ3n) is 11.3. The zero-order valence-electron chi connectivity index (χ0n) is 37.6. The monoisotopic (exact) mass is 914 g/mol. The predicted octanol–water partition coefficient (Wildman–Crippen LogP) is 5.86. The van der Waals surface area contributed by atoms with Crippen LogP contribution < -0.4 is 30.9 Å². The second-order valence-electron chi connectivity index (χ2n) is 16.7. The average Bonchev–Trinajstić information content (AvgIpc) is 3.89. The Bertz CT molecular complexity index is 2870. The number of anilines is 1. The molecular formula is C49H50N6O12. The van der Waals surface area contributed by atoms with Gasteiger partial charge in [-0.05, 0) is 79.4 Å². The summed E-state index contributed by atoms with van der Waals surface area (Å²) in [6, 6.07) is 29.1. The zero-order chi connectivity index (χ0) is 47.5. The molecule has 7 aromatic rings. The molecule has 1 fully saturated rings. The predicted molar refractivity (Wildman–Crippen MR) is 244 cm³/mol. The van der Waals surface area contributed by atoms with Crippen LogP contribution in [0.1, 0.15) is 49.3 Å². The largest absolute Gasteiger partial charge is 0.497 e. The van der Waals surface area contributed by atoms with Gasteiger partial charge in [0.1, 0.15) is 64.1 Å². The van der Waals surface area contributed by atoms with E-state index in [2.05, 4.69) is 20.3 Å². The van der Waals surface area contributed by atoms with Crippen molar-refractivity contribution < 1.29 is 52.3 Å². The maximum atomic E-state index is 14.7. The summed E-state index contributed by atoms with van der Waals surface area (Å²) in [5.41, 5.74) is 6.43. The van der Waals surface area contributed by atoms with Crippen molar-refractivity contribution in [3.05, 3.63) is 148 Å². The lowest BCUT2D eigenvalue weighted by Gasteiger charge is -2.37. The van der Waals surface area contributed by atoms with Crippen LogP contribution in [0.25, 0.3) is 22.1 Å². The number of alkyl carbamates (subject to hydrolysis) is 1. The summed E-state index contributed by atoms with van der Waals surface area (Å²) in [6.07, 6.45) is -4.05. The SMILES string of the molecule is COc1ccc(C(OC[C@H]2O[C@@H](n3cnc4c(N)ncnc43)[C@H](OC(=O)[C@H](Cc3cc(=O)oc4cc(OC)ccc34)NC(=O)OC(C)(C)C)[C@@H]2O)(c2ccccc2)c2ccc(OC)cc2)cc1. The number of amides is 1. The van der Waals surface area contributed by atoms with Gasteiger partial charge in [0.25, 0.3) is 0 Å². The van der Waals surface area contributed by atoms with Gasteiger partial charge in [-0.3, -0.25) is 4.57 Å². The van der Waals surface area contributed by atoms with Gasteiger partial charge in [-0.15, -0.1) is 0 Å². The summed E-state index contributed by atoms with van der Waals surface area (Å²) in [4.78, 5) is 53.8. The second kappa shape index (κ2) is 19.1.